The molecule has 0 fully saturated rings. The van der Waals surface area contributed by atoms with Crippen molar-refractivity contribution in [1.82, 2.24) is 5.32 Å². The van der Waals surface area contributed by atoms with Gasteiger partial charge >= 0.3 is 0 Å². The molecule has 0 unspecified atom stereocenters. The first-order valence-corrected chi connectivity index (χ1v) is 4.33. The van der Waals surface area contributed by atoms with Crippen molar-refractivity contribution in [2.75, 3.05) is 0 Å². The first-order valence-electron chi connectivity index (χ1n) is 4.33. The van der Waals surface area contributed by atoms with Crippen LogP contribution in [0, 0.1) is 0 Å². The molecular weight excluding hydrogens is 150 g/mol. The number of fused-ring (bicyclic) bond motifs is 6. The van der Waals surface area contributed by atoms with Gasteiger partial charge in [-0.05, 0) is 40.7 Å². The normalized spacial score (nSPS) is 19.5. The summed E-state index contributed by atoms with van der Waals surface area (Å²) in [7, 11) is 0. The first kappa shape index (κ1) is 5.36. The van der Waals surface area contributed by atoms with Gasteiger partial charge in [0.25, 0.3) is 5.91 Å². The monoisotopic (exact) mass is 157 g/mol. The van der Waals surface area contributed by atoms with Gasteiger partial charge in [-0.15, -0.1) is 0 Å². The highest BCUT2D eigenvalue weighted by molar-refractivity contribution is 6.03. The minimum Gasteiger partial charge on any atom is -0.348 e. The van der Waals surface area contributed by atoms with Gasteiger partial charge < -0.3 is 5.32 Å². The number of carbonyl (C=O) groups is 1. The number of rotatable bonds is 0. The van der Waals surface area contributed by atoms with E-state index in [9.17, 15) is 4.79 Å². The van der Waals surface area contributed by atoms with Crippen LogP contribution in [0.4, 0.5) is 0 Å². The quantitative estimate of drug-likeness (QED) is 0.512. The Kier molecular flexibility index (Phi) is 0.582. The molecular formula is C10H7NO. The molecule has 4 rings (SSSR count). The zero-order valence-corrected chi connectivity index (χ0v) is 6.53. The lowest BCUT2D eigenvalue weighted by Gasteiger charge is -1.89. The lowest BCUT2D eigenvalue weighted by molar-refractivity contribution is 0.0965. The van der Waals surface area contributed by atoms with Gasteiger partial charge in [-0.1, -0.05) is 0 Å². The van der Waals surface area contributed by atoms with E-state index < -0.39 is 0 Å². The van der Waals surface area contributed by atoms with Crippen molar-refractivity contribution in [3.63, 3.8) is 0 Å². The third-order valence-corrected chi connectivity index (χ3v) is 3.17. The lowest BCUT2D eigenvalue weighted by Crippen LogP contribution is -2.12. The van der Waals surface area contributed by atoms with Gasteiger partial charge in [-0.25, -0.2) is 0 Å². The summed E-state index contributed by atoms with van der Waals surface area (Å²) in [5.74, 6) is 0.161. The maximum Gasteiger partial charge on any atom is 0.252 e. The predicted molar refractivity (Wildman–Crippen MR) is 43.2 cm³/mol. The molecule has 0 bridgehead atoms. The topological polar surface area (TPSA) is 29.1 Å². The van der Waals surface area contributed by atoms with E-state index in [1.54, 1.807) is 5.56 Å². The molecule has 1 amide bonds. The Hall–Kier alpha value is -1.31. The summed E-state index contributed by atoms with van der Waals surface area (Å²) in [4.78, 5) is 11.4. The van der Waals surface area contributed by atoms with Crippen LogP contribution in [0.2, 0.25) is 0 Å². The van der Waals surface area contributed by atoms with Gasteiger partial charge in [0, 0.05) is 12.1 Å². The SMILES string of the molecule is O=C1NCc2c3c(c4c(c21)C4)C3. The van der Waals surface area contributed by atoms with E-state index in [1.165, 1.54) is 22.3 Å². The second-order valence-corrected chi connectivity index (χ2v) is 3.80. The van der Waals surface area contributed by atoms with Crippen molar-refractivity contribution in [2.45, 2.75) is 19.4 Å². The van der Waals surface area contributed by atoms with Crippen molar-refractivity contribution in [2.24, 2.45) is 0 Å². The fourth-order valence-corrected chi connectivity index (χ4v) is 2.43. The van der Waals surface area contributed by atoms with E-state index in [4.69, 9.17) is 0 Å². The molecule has 0 aromatic heterocycles. The van der Waals surface area contributed by atoms with Crippen molar-refractivity contribution in [1.29, 1.82) is 0 Å². The summed E-state index contributed by atoms with van der Waals surface area (Å²) in [5, 5.41) is 2.89. The second kappa shape index (κ2) is 1.30. The minimum absolute atomic E-state index is 0.161. The average Bonchev–Trinajstić information content (AvgIpc) is 2.92. The van der Waals surface area contributed by atoms with Crippen molar-refractivity contribution in [3.05, 3.63) is 33.4 Å². The van der Waals surface area contributed by atoms with Crippen LogP contribution < -0.4 is 5.32 Å². The van der Waals surface area contributed by atoms with E-state index in [-0.39, 0.29) is 5.91 Å². The molecule has 2 aliphatic carbocycles. The third kappa shape index (κ3) is 0.403. The summed E-state index contributed by atoms with van der Waals surface area (Å²) in [6, 6.07) is 0. The molecule has 0 saturated carbocycles. The molecule has 1 aromatic rings. The fraction of sp³-hybridized carbons (Fsp3) is 0.300. The molecule has 58 valence electrons. The number of hydrogen-bond donors (Lipinski definition) is 1. The van der Waals surface area contributed by atoms with Gasteiger partial charge in [0.2, 0.25) is 0 Å². The molecule has 3 aliphatic rings. The van der Waals surface area contributed by atoms with Crippen LogP contribution in [0.25, 0.3) is 0 Å². The Morgan fingerprint density at radius 1 is 0.917 bits per heavy atom. The molecule has 2 nitrogen and oxygen atoms in total. The molecule has 0 atom stereocenters. The molecule has 0 saturated heterocycles. The zero-order chi connectivity index (χ0) is 7.87. The largest absolute Gasteiger partial charge is 0.348 e. The number of benzene rings is 1. The lowest BCUT2D eigenvalue weighted by atomic mass is 10.1. The van der Waals surface area contributed by atoms with Crippen molar-refractivity contribution in [3.8, 4) is 0 Å². The van der Waals surface area contributed by atoms with Gasteiger partial charge in [-0.3, -0.25) is 4.79 Å². The number of nitrogens with one attached hydrogen (secondary N) is 1. The van der Waals surface area contributed by atoms with Gasteiger partial charge in [0.1, 0.15) is 0 Å². The van der Waals surface area contributed by atoms with Crippen molar-refractivity contribution >= 4 is 5.91 Å². The molecule has 0 radical (unpaired) electrons. The maximum absolute atomic E-state index is 11.4. The molecule has 1 aliphatic heterocycles. The Morgan fingerprint density at radius 3 is 2.50 bits per heavy atom. The molecule has 1 heterocycles. The first-order chi connectivity index (χ1) is 5.86. The van der Waals surface area contributed by atoms with Crippen LogP contribution in [0.3, 0.4) is 0 Å². The standard InChI is InChI=1S/C10H7NO/c12-10-9-7-2-5(7)4-1-6(4)8(9)3-11-10/h1-3H2,(H,11,12). The molecule has 2 heteroatoms. The molecule has 12 heavy (non-hydrogen) atoms. The van der Waals surface area contributed by atoms with Crippen LogP contribution in [-0.2, 0) is 19.4 Å². The Morgan fingerprint density at radius 2 is 1.58 bits per heavy atom. The predicted octanol–water partition coefficient (Wildman–Crippen LogP) is 0.738. The fourth-order valence-electron chi connectivity index (χ4n) is 2.43. The van der Waals surface area contributed by atoms with Crippen molar-refractivity contribution < 1.29 is 4.79 Å². The van der Waals surface area contributed by atoms with Crippen LogP contribution in [0.5, 0.6) is 0 Å². The Balaban J connectivity index is 2.20. The minimum atomic E-state index is 0.161. The summed E-state index contributed by atoms with van der Waals surface area (Å²) < 4.78 is 0. The Labute approximate surface area is 69.6 Å². The average molecular weight is 157 g/mol. The summed E-state index contributed by atoms with van der Waals surface area (Å²) >= 11 is 0. The number of hydrogen-bond acceptors (Lipinski definition) is 1. The van der Waals surface area contributed by atoms with E-state index in [0.29, 0.717) is 0 Å². The van der Waals surface area contributed by atoms with Crippen LogP contribution >= 0.6 is 0 Å². The number of amides is 1. The maximum atomic E-state index is 11.4. The second-order valence-electron chi connectivity index (χ2n) is 3.80. The molecule has 1 aromatic carbocycles. The highest BCUT2D eigenvalue weighted by atomic mass is 16.1. The summed E-state index contributed by atoms with van der Waals surface area (Å²) in [5.41, 5.74) is 8.20. The highest BCUT2D eigenvalue weighted by Gasteiger charge is 2.41. The Bertz CT molecular complexity index is 460. The van der Waals surface area contributed by atoms with Crippen LogP contribution in [-0.4, -0.2) is 5.91 Å². The molecule has 0 spiro atoms. The summed E-state index contributed by atoms with van der Waals surface area (Å²) in [6.45, 7) is 0.782. The van der Waals surface area contributed by atoms with Gasteiger partial charge in [0.05, 0.1) is 0 Å². The van der Waals surface area contributed by atoms with E-state index >= 15 is 0 Å². The number of carbonyl (C=O) groups excluding carboxylic acids is 1. The highest BCUT2D eigenvalue weighted by Crippen LogP contribution is 2.49. The van der Waals surface area contributed by atoms with E-state index in [1.807, 2.05) is 0 Å². The van der Waals surface area contributed by atoms with Gasteiger partial charge in [0.15, 0.2) is 0 Å². The van der Waals surface area contributed by atoms with Crippen LogP contribution in [0.1, 0.15) is 38.2 Å². The van der Waals surface area contributed by atoms with Crippen LogP contribution in [0.15, 0.2) is 0 Å². The van der Waals surface area contributed by atoms with E-state index in [2.05, 4.69) is 5.32 Å². The van der Waals surface area contributed by atoms with Gasteiger partial charge in [-0.2, -0.15) is 0 Å². The molecule has 1 N–H and O–H groups in total. The third-order valence-electron chi connectivity index (χ3n) is 3.17. The smallest absolute Gasteiger partial charge is 0.252 e. The zero-order valence-electron chi connectivity index (χ0n) is 6.53. The van der Waals surface area contributed by atoms with E-state index in [0.717, 1.165) is 24.9 Å². The summed E-state index contributed by atoms with van der Waals surface area (Å²) in [6.07, 6.45) is 2.25.